The lowest BCUT2D eigenvalue weighted by Crippen LogP contribution is -2.63. The Morgan fingerprint density at radius 2 is 1.82 bits per heavy atom. The molecule has 4 aliphatic carbocycles. The van der Waals surface area contributed by atoms with Gasteiger partial charge in [0.1, 0.15) is 6.10 Å². The molecule has 5 fully saturated rings. The highest BCUT2D eigenvalue weighted by atomic mass is 16.5. The fraction of sp³-hybridized carbons (Fsp3) is 0.606. The second-order valence-electron chi connectivity index (χ2n) is 14.3. The summed E-state index contributed by atoms with van der Waals surface area (Å²) >= 11 is 0. The van der Waals surface area contributed by atoms with E-state index in [1.165, 1.54) is 28.3 Å². The monoisotopic (exact) mass is 542 g/mol. The van der Waals surface area contributed by atoms with Crippen LogP contribution in [-0.4, -0.2) is 85.1 Å². The van der Waals surface area contributed by atoms with Gasteiger partial charge in [0.15, 0.2) is 0 Å². The van der Waals surface area contributed by atoms with Crippen molar-refractivity contribution in [2.45, 2.75) is 92.5 Å². The summed E-state index contributed by atoms with van der Waals surface area (Å²) in [7, 11) is 0. The number of aromatic nitrogens is 1. The van der Waals surface area contributed by atoms with Crippen LogP contribution in [0.4, 0.5) is 0 Å². The molecule has 9 rings (SSSR count). The Balaban J connectivity index is 1.10. The zero-order valence-electron chi connectivity index (χ0n) is 22.9. The zero-order valence-corrected chi connectivity index (χ0v) is 22.9. The minimum Gasteiger partial charge on any atom is -0.389 e. The average molecular weight is 543 g/mol. The van der Waals surface area contributed by atoms with Gasteiger partial charge in [0.25, 0.3) is 0 Å². The molecule has 2 bridgehead atoms. The van der Waals surface area contributed by atoms with Crippen LogP contribution in [0.5, 0.6) is 0 Å². The number of β-amino-alcohol motifs (C(OH)–C–C–N with tert-alkyl or cyclic N) is 2. The predicted octanol–water partition coefficient (Wildman–Crippen LogP) is 2.61. The van der Waals surface area contributed by atoms with Crippen molar-refractivity contribution in [2.24, 2.45) is 17.3 Å². The summed E-state index contributed by atoms with van der Waals surface area (Å²) in [5.74, 6) is 1.03. The number of aliphatic hydroxyl groups is 4. The van der Waals surface area contributed by atoms with E-state index in [0.717, 1.165) is 31.3 Å². The molecule has 0 radical (unpaired) electrons. The maximum atomic E-state index is 11.4. The second-order valence-corrected chi connectivity index (χ2v) is 14.3. The minimum atomic E-state index is -1.02. The van der Waals surface area contributed by atoms with E-state index in [-0.39, 0.29) is 22.5 Å². The van der Waals surface area contributed by atoms with E-state index in [4.69, 9.17) is 4.74 Å². The van der Waals surface area contributed by atoms with Crippen molar-refractivity contribution in [2.75, 3.05) is 13.1 Å². The first-order valence-electron chi connectivity index (χ1n) is 15.1. The summed E-state index contributed by atoms with van der Waals surface area (Å²) in [6, 6.07) is 8.70. The molecule has 2 aromatic rings. The van der Waals surface area contributed by atoms with Gasteiger partial charge in [-0.15, -0.1) is 0 Å². The van der Waals surface area contributed by atoms with Gasteiger partial charge in [-0.25, -0.2) is 0 Å². The van der Waals surface area contributed by atoms with Crippen molar-refractivity contribution in [1.29, 1.82) is 0 Å². The summed E-state index contributed by atoms with van der Waals surface area (Å²) in [6.07, 6.45) is 10.4. The fourth-order valence-electron chi connectivity index (χ4n) is 10.8. The number of allylic oxidation sites excluding steroid dienone is 1. The molecule has 4 heterocycles. The van der Waals surface area contributed by atoms with Crippen molar-refractivity contribution < 1.29 is 25.2 Å². The van der Waals surface area contributed by atoms with Crippen LogP contribution in [-0.2, 0) is 10.2 Å². The number of fused-ring (bicyclic) bond motifs is 4. The molecule has 1 unspecified atom stereocenters. The van der Waals surface area contributed by atoms with E-state index < -0.39 is 30.0 Å². The number of rotatable bonds is 2. The van der Waals surface area contributed by atoms with Gasteiger partial charge < -0.3 is 25.2 Å². The van der Waals surface area contributed by atoms with Gasteiger partial charge in [0.05, 0.1) is 29.5 Å². The number of nitrogens with zero attached hydrogens (tertiary/aromatic N) is 2. The zero-order chi connectivity index (χ0) is 27.2. The minimum absolute atomic E-state index is 0.0727. The fourth-order valence-corrected chi connectivity index (χ4v) is 10.8. The molecule has 2 spiro atoms. The highest BCUT2D eigenvalue weighted by Crippen LogP contribution is 2.80. The molecule has 40 heavy (non-hydrogen) atoms. The molecule has 1 aromatic carbocycles. The van der Waals surface area contributed by atoms with Crippen molar-refractivity contribution >= 4 is 10.8 Å². The normalized spacial score (nSPS) is 50.6. The topological polar surface area (TPSA) is 106 Å². The lowest BCUT2D eigenvalue weighted by molar-refractivity contribution is -0.170. The first-order chi connectivity index (χ1) is 19.2. The molecule has 1 aromatic heterocycles. The number of pyridine rings is 1. The summed E-state index contributed by atoms with van der Waals surface area (Å²) in [5, 5.41) is 45.5. The van der Waals surface area contributed by atoms with Gasteiger partial charge in [-0.3, -0.25) is 9.88 Å². The van der Waals surface area contributed by atoms with E-state index in [2.05, 4.69) is 48.3 Å². The molecule has 11 atom stereocenters. The van der Waals surface area contributed by atoms with E-state index in [9.17, 15) is 20.4 Å². The SMILES string of the molecule is C[C@]12CC=C3C=C4[C@H](O)[C@H](O)[C@@H](N5C[C@H](O)[C@@H](O)C5)C[C@]45CCC3(O5)[C@@H]1C[C@H]1C[C@]12c1ccc2ccncc2c1. The second kappa shape index (κ2) is 7.63. The third-order valence-corrected chi connectivity index (χ3v) is 12.8. The van der Waals surface area contributed by atoms with Crippen molar-refractivity contribution in [1.82, 2.24) is 9.88 Å². The maximum absolute atomic E-state index is 11.4. The molecule has 0 amide bonds. The Labute approximate surface area is 234 Å². The van der Waals surface area contributed by atoms with E-state index >= 15 is 0 Å². The largest absolute Gasteiger partial charge is 0.389 e. The van der Waals surface area contributed by atoms with Crippen LogP contribution in [0.2, 0.25) is 0 Å². The summed E-state index contributed by atoms with van der Waals surface area (Å²) < 4.78 is 7.37. The van der Waals surface area contributed by atoms with Crippen LogP contribution >= 0.6 is 0 Å². The Morgan fingerprint density at radius 1 is 1.00 bits per heavy atom. The highest BCUT2D eigenvalue weighted by Gasteiger charge is 2.78. The van der Waals surface area contributed by atoms with Gasteiger partial charge in [0.2, 0.25) is 0 Å². The summed E-state index contributed by atoms with van der Waals surface area (Å²) in [6.45, 7) is 3.10. The first-order valence-corrected chi connectivity index (χ1v) is 15.1. The Kier molecular flexibility index (Phi) is 4.66. The number of ether oxygens (including phenoxy) is 1. The molecule has 7 nitrogen and oxygen atoms in total. The molecule has 4 N–H and O–H groups in total. The third-order valence-electron chi connectivity index (χ3n) is 12.8. The molecule has 210 valence electrons. The molecule has 3 saturated carbocycles. The van der Waals surface area contributed by atoms with Gasteiger partial charge in [-0.05, 0) is 90.0 Å². The van der Waals surface area contributed by atoms with Crippen LogP contribution in [0.1, 0.15) is 51.0 Å². The highest BCUT2D eigenvalue weighted by molar-refractivity contribution is 5.82. The van der Waals surface area contributed by atoms with Crippen molar-refractivity contribution in [3.63, 3.8) is 0 Å². The standard InChI is InChI=1S/C33H38N2O5/c1-30-6-4-21-11-23-28(38)29(39)24(35-16-25(36)26(37)17-35)14-31(23)7-8-33(21,40-31)27(30)12-22-13-32(22,30)20-3-2-18-5-9-34-15-19(18)10-20/h2-5,9-11,15,22,24-29,36-39H,6-8,12-14,16-17H2,1H3/t22-,24-,25-,26-,27+,28-,29+,30-,31+,32-,33?/m0/s1. The van der Waals surface area contributed by atoms with Crippen LogP contribution in [0.15, 0.2) is 60.0 Å². The van der Waals surface area contributed by atoms with Crippen molar-refractivity contribution in [3.05, 3.63) is 65.5 Å². The van der Waals surface area contributed by atoms with E-state index in [1.54, 1.807) is 0 Å². The smallest absolute Gasteiger partial charge is 0.105 e. The van der Waals surface area contributed by atoms with Gasteiger partial charge in [-0.1, -0.05) is 31.2 Å². The number of likely N-dealkylation sites (tertiary alicyclic amines) is 1. The third kappa shape index (κ3) is 2.75. The van der Waals surface area contributed by atoms with E-state index in [0.29, 0.717) is 31.3 Å². The van der Waals surface area contributed by atoms with E-state index in [1.807, 2.05) is 17.3 Å². The number of hydrogen-bond donors (Lipinski definition) is 4. The lowest BCUT2D eigenvalue weighted by atomic mass is 9.55. The Bertz CT molecular complexity index is 1500. The van der Waals surface area contributed by atoms with Crippen LogP contribution in [0, 0.1) is 17.3 Å². The van der Waals surface area contributed by atoms with Crippen molar-refractivity contribution in [3.8, 4) is 0 Å². The van der Waals surface area contributed by atoms with Crippen LogP contribution in [0.25, 0.3) is 10.8 Å². The van der Waals surface area contributed by atoms with Crippen LogP contribution in [0.3, 0.4) is 0 Å². The Hall–Kier alpha value is -2.13. The summed E-state index contributed by atoms with van der Waals surface area (Å²) in [5.41, 5.74) is 2.70. The molecular formula is C33H38N2O5. The maximum Gasteiger partial charge on any atom is 0.105 e. The van der Waals surface area contributed by atoms with Gasteiger partial charge in [0, 0.05) is 42.3 Å². The molecule has 2 saturated heterocycles. The predicted molar refractivity (Wildman–Crippen MR) is 148 cm³/mol. The quantitative estimate of drug-likeness (QED) is 0.462. The number of hydrogen-bond acceptors (Lipinski definition) is 7. The van der Waals surface area contributed by atoms with Gasteiger partial charge in [-0.2, -0.15) is 0 Å². The van der Waals surface area contributed by atoms with Gasteiger partial charge >= 0.3 is 0 Å². The molecule has 7 heteroatoms. The first kappa shape index (κ1) is 24.5. The lowest BCUT2D eigenvalue weighted by Gasteiger charge is -2.57. The Morgan fingerprint density at radius 3 is 2.65 bits per heavy atom. The molecule has 7 aliphatic rings. The molecule has 3 aliphatic heterocycles. The number of benzene rings is 1. The average Bonchev–Trinajstić information content (AvgIpc) is 3.37. The number of aliphatic hydroxyl groups excluding tert-OH is 4. The summed E-state index contributed by atoms with van der Waals surface area (Å²) in [4.78, 5) is 6.34. The van der Waals surface area contributed by atoms with Crippen LogP contribution < -0.4 is 0 Å². The molecular weight excluding hydrogens is 504 g/mol.